The van der Waals surface area contributed by atoms with Crippen molar-refractivity contribution in [3.8, 4) is 17.2 Å². The summed E-state index contributed by atoms with van der Waals surface area (Å²) < 4.78 is 4.58. The molecule has 0 fully saturated rings. The summed E-state index contributed by atoms with van der Waals surface area (Å²) in [7, 11) is 0. The van der Waals surface area contributed by atoms with Crippen molar-refractivity contribution in [2.24, 2.45) is 5.18 Å². The number of benzene rings is 1. The van der Waals surface area contributed by atoms with Gasteiger partial charge in [0.2, 0.25) is 0 Å². The van der Waals surface area contributed by atoms with Gasteiger partial charge in [0, 0.05) is 19.1 Å². The average Bonchev–Trinajstić information content (AvgIpc) is 2.10. The number of nitroso groups, excluding NO2 is 1. The number of carbonyl (C=O) groups excluding carboxylic acids is 1. The highest BCUT2D eigenvalue weighted by atomic mass is 16.5. The lowest BCUT2D eigenvalue weighted by Gasteiger charge is -2.04. The molecule has 0 saturated carbocycles. The van der Waals surface area contributed by atoms with Gasteiger partial charge in [-0.3, -0.25) is 4.79 Å². The van der Waals surface area contributed by atoms with E-state index in [0.717, 1.165) is 19.1 Å². The lowest BCUT2D eigenvalue weighted by molar-refractivity contribution is -0.131. The van der Waals surface area contributed by atoms with Gasteiger partial charge >= 0.3 is 5.97 Å². The van der Waals surface area contributed by atoms with Crippen LogP contribution in [0.3, 0.4) is 0 Å². The summed E-state index contributed by atoms with van der Waals surface area (Å²) in [6, 6.07) is 2.05. The van der Waals surface area contributed by atoms with Crippen LogP contribution in [0.15, 0.2) is 17.3 Å². The predicted molar refractivity (Wildman–Crippen MR) is 46.5 cm³/mol. The van der Waals surface area contributed by atoms with Gasteiger partial charge in [-0.05, 0) is 5.18 Å². The molecule has 1 aromatic carbocycles. The van der Waals surface area contributed by atoms with Crippen LogP contribution in [0.2, 0.25) is 0 Å². The Kier molecular flexibility index (Phi) is 2.66. The summed E-state index contributed by atoms with van der Waals surface area (Å²) in [5.74, 6) is -1.87. The van der Waals surface area contributed by atoms with Gasteiger partial charge in [-0.1, -0.05) is 0 Å². The lowest BCUT2D eigenvalue weighted by Crippen LogP contribution is -2.00. The van der Waals surface area contributed by atoms with Crippen LogP contribution in [-0.4, -0.2) is 16.2 Å². The van der Waals surface area contributed by atoms with E-state index in [4.69, 9.17) is 10.2 Å². The molecular weight excluding hydrogens is 190 g/mol. The highest BCUT2D eigenvalue weighted by molar-refractivity contribution is 5.71. The van der Waals surface area contributed by atoms with E-state index in [1.165, 1.54) is 0 Å². The first kappa shape index (κ1) is 9.97. The van der Waals surface area contributed by atoms with E-state index in [0.29, 0.717) is 0 Å². The molecule has 0 aliphatic carbocycles. The van der Waals surface area contributed by atoms with Gasteiger partial charge in [-0.25, -0.2) is 0 Å². The quantitative estimate of drug-likeness (QED) is 0.323. The minimum Gasteiger partial charge on any atom is -0.504 e. The maximum Gasteiger partial charge on any atom is 0.308 e. The van der Waals surface area contributed by atoms with Crippen LogP contribution in [0.4, 0.5) is 5.69 Å². The predicted octanol–water partition coefficient (Wildman–Crippen LogP) is 1.42. The first-order chi connectivity index (χ1) is 6.54. The Morgan fingerprint density at radius 3 is 2.57 bits per heavy atom. The second-order valence-electron chi connectivity index (χ2n) is 2.50. The smallest absolute Gasteiger partial charge is 0.308 e. The third kappa shape index (κ3) is 1.98. The number of hydrogen-bond acceptors (Lipinski definition) is 6. The van der Waals surface area contributed by atoms with Gasteiger partial charge in [0.25, 0.3) is 0 Å². The zero-order chi connectivity index (χ0) is 10.7. The van der Waals surface area contributed by atoms with E-state index < -0.39 is 17.5 Å². The highest BCUT2D eigenvalue weighted by Gasteiger charge is 2.11. The summed E-state index contributed by atoms with van der Waals surface area (Å²) >= 11 is 0. The molecule has 0 aliphatic heterocycles. The molecule has 0 spiro atoms. The van der Waals surface area contributed by atoms with Crippen LogP contribution < -0.4 is 4.74 Å². The fraction of sp³-hybridized carbons (Fsp3) is 0.125. The number of aromatic hydroxyl groups is 2. The van der Waals surface area contributed by atoms with Gasteiger partial charge in [-0.2, -0.15) is 0 Å². The minimum absolute atomic E-state index is 0.0533. The second-order valence-corrected chi connectivity index (χ2v) is 2.50. The molecule has 1 aromatic rings. The van der Waals surface area contributed by atoms with Crippen molar-refractivity contribution in [1.82, 2.24) is 0 Å². The Hall–Kier alpha value is -2.11. The Balaban J connectivity index is 3.15. The van der Waals surface area contributed by atoms with Crippen molar-refractivity contribution >= 4 is 11.7 Å². The van der Waals surface area contributed by atoms with Crippen molar-refractivity contribution in [2.75, 3.05) is 0 Å². The van der Waals surface area contributed by atoms with Crippen molar-refractivity contribution in [3.05, 3.63) is 17.0 Å². The molecule has 0 saturated heterocycles. The first-order valence-electron chi connectivity index (χ1n) is 3.62. The summed E-state index contributed by atoms with van der Waals surface area (Å²) in [5, 5.41) is 20.6. The largest absolute Gasteiger partial charge is 0.504 e. The van der Waals surface area contributed by atoms with Crippen molar-refractivity contribution in [1.29, 1.82) is 0 Å². The molecule has 6 nitrogen and oxygen atoms in total. The van der Waals surface area contributed by atoms with Crippen LogP contribution >= 0.6 is 0 Å². The molecule has 0 amide bonds. The summed E-state index contributed by atoms with van der Waals surface area (Å²) in [5.41, 5.74) is -0.388. The number of rotatable bonds is 2. The fourth-order valence-electron chi connectivity index (χ4n) is 0.874. The monoisotopic (exact) mass is 197 g/mol. The number of hydrogen-bond donors (Lipinski definition) is 2. The summed E-state index contributed by atoms with van der Waals surface area (Å²) in [6.07, 6.45) is 0. The van der Waals surface area contributed by atoms with Crippen molar-refractivity contribution < 1.29 is 19.7 Å². The molecule has 2 N–H and O–H groups in total. The van der Waals surface area contributed by atoms with E-state index in [1.54, 1.807) is 0 Å². The van der Waals surface area contributed by atoms with Crippen LogP contribution in [0.25, 0.3) is 0 Å². The number of carbonyl (C=O) groups is 1. The third-order valence-electron chi connectivity index (χ3n) is 1.40. The van der Waals surface area contributed by atoms with Crippen molar-refractivity contribution in [3.63, 3.8) is 0 Å². The lowest BCUT2D eigenvalue weighted by atomic mass is 10.2. The SMILES string of the molecule is CC(=O)Oc1cc(O)c(O)c(N=O)c1. The van der Waals surface area contributed by atoms with Gasteiger partial charge < -0.3 is 14.9 Å². The number of esters is 1. The fourth-order valence-corrected chi connectivity index (χ4v) is 0.874. The Morgan fingerprint density at radius 2 is 2.07 bits per heavy atom. The van der Waals surface area contributed by atoms with Crippen LogP contribution in [0, 0.1) is 4.91 Å². The van der Waals surface area contributed by atoms with Gasteiger partial charge in [0.1, 0.15) is 5.75 Å². The number of ether oxygens (including phenoxy) is 1. The molecular formula is C8H7NO5. The van der Waals surface area contributed by atoms with Gasteiger partial charge in [-0.15, -0.1) is 4.91 Å². The Morgan fingerprint density at radius 1 is 1.43 bits per heavy atom. The zero-order valence-corrected chi connectivity index (χ0v) is 7.22. The standard InChI is InChI=1S/C8H7NO5/c1-4(10)14-5-2-6(9-13)8(12)7(11)3-5/h2-3,11-12H,1H3. The average molecular weight is 197 g/mol. The molecule has 0 radical (unpaired) electrons. The molecule has 1 rings (SSSR count). The maximum absolute atomic E-state index is 10.5. The third-order valence-corrected chi connectivity index (χ3v) is 1.40. The van der Waals surface area contributed by atoms with E-state index in [9.17, 15) is 9.70 Å². The zero-order valence-electron chi connectivity index (χ0n) is 7.22. The minimum atomic E-state index is -0.643. The summed E-state index contributed by atoms with van der Waals surface area (Å²) in [6.45, 7) is 1.16. The Labute approximate surface area is 78.7 Å². The van der Waals surface area contributed by atoms with E-state index >= 15 is 0 Å². The van der Waals surface area contributed by atoms with E-state index in [2.05, 4.69) is 9.91 Å². The molecule has 14 heavy (non-hydrogen) atoms. The molecule has 6 heteroatoms. The molecule has 0 bridgehead atoms. The molecule has 0 heterocycles. The van der Waals surface area contributed by atoms with Crippen LogP contribution in [-0.2, 0) is 4.79 Å². The van der Waals surface area contributed by atoms with Gasteiger partial charge in [0.15, 0.2) is 17.2 Å². The highest BCUT2D eigenvalue weighted by Crippen LogP contribution is 2.39. The molecule has 74 valence electrons. The second kappa shape index (κ2) is 3.73. The normalized spacial score (nSPS) is 9.50. The number of phenols is 2. The molecule has 0 atom stereocenters. The number of nitrogens with zero attached hydrogens (tertiary/aromatic N) is 1. The molecule has 0 unspecified atom stereocenters. The van der Waals surface area contributed by atoms with E-state index in [1.807, 2.05) is 0 Å². The molecule has 0 aliphatic rings. The van der Waals surface area contributed by atoms with Crippen LogP contribution in [0.1, 0.15) is 6.92 Å². The molecule has 0 aromatic heterocycles. The summed E-state index contributed by atoms with van der Waals surface area (Å²) in [4.78, 5) is 20.7. The topological polar surface area (TPSA) is 96.2 Å². The van der Waals surface area contributed by atoms with Crippen LogP contribution in [0.5, 0.6) is 17.2 Å². The number of phenolic OH excluding ortho intramolecular Hbond substituents is 2. The van der Waals surface area contributed by atoms with Gasteiger partial charge in [0.05, 0.1) is 0 Å². The Bertz CT molecular complexity index is 388. The van der Waals surface area contributed by atoms with E-state index in [-0.39, 0.29) is 11.4 Å². The first-order valence-corrected chi connectivity index (χ1v) is 3.62. The van der Waals surface area contributed by atoms with Crippen molar-refractivity contribution in [2.45, 2.75) is 6.92 Å². The maximum atomic E-state index is 10.5.